The van der Waals surface area contributed by atoms with Crippen LogP contribution < -0.4 is 0 Å². The number of carboxylic acids is 1. The van der Waals surface area contributed by atoms with E-state index in [1.165, 1.54) is 19.1 Å². The predicted molar refractivity (Wildman–Crippen MR) is 43.5 cm³/mol. The first kappa shape index (κ1) is 9.38. The summed E-state index contributed by atoms with van der Waals surface area (Å²) < 4.78 is 13.2. The lowest BCUT2D eigenvalue weighted by Gasteiger charge is -2.03. The van der Waals surface area contributed by atoms with Gasteiger partial charge in [0.1, 0.15) is 5.82 Å². The Labute approximate surface area is 73.8 Å². The molecule has 0 spiro atoms. The van der Waals surface area contributed by atoms with Crippen LogP contribution in [0.2, 0.25) is 0 Å². The lowest BCUT2D eigenvalue weighted by Crippen LogP contribution is -2.06. The fraction of sp³-hybridized carbons (Fsp3) is 0.111. The molecule has 4 heteroatoms. The second-order valence-corrected chi connectivity index (χ2v) is 2.58. The van der Waals surface area contributed by atoms with Gasteiger partial charge >= 0.3 is 5.97 Å². The monoisotopic (exact) mass is 182 g/mol. The van der Waals surface area contributed by atoms with Crippen LogP contribution in [0.3, 0.4) is 0 Å². The van der Waals surface area contributed by atoms with Crippen molar-refractivity contribution in [1.29, 1.82) is 0 Å². The molecule has 0 aliphatic rings. The quantitative estimate of drug-likeness (QED) is 0.707. The van der Waals surface area contributed by atoms with Crippen LogP contribution in [0, 0.1) is 12.7 Å². The minimum atomic E-state index is -1.36. The molecule has 0 amide bonds. The van der Waals surface area contributed by atoms with Crippen LogP contribution in [-0.4, -0.2) is 17.4 Å². The highest BCUT2D eigenvalue weighted by Gasteiger charge is 2.16. The topological polar surface area (TPSA) is 54.4 Å². The Hall–Kier alpha value is -1.71. The zero-order valence-electron chi connectivity index (χ0n) is 6.87. The molecule has 1 aromatic carbocycles. The number of rotatable bonds is 2. The van der Waals surface area contributed by atoms with E-state index in [-0.39, 0.29) is 5.56 Å². The molecule has 1 aromatic rings. The molecule has 0 saturated heterocycles. The minimum Gasteiger partial charge on any atom is -0.478 e. The Morgan fingerprint density at radius 1 is 1.54 bits per heavy atom. The SMILES string of the molecule is Cc1ccc(C=O)c(F)c1C(=O)O. The molecule has 0 heterocycles. The summed E-state index contributed by atoms with van der Waals surface area (Å²) in [6.07, 6.45) is 0.293. The van der Waals surface area contributed by atoms with Crippen molar-refractivity contribution < 1.29 is 19.1 Å². The second-order valence-electron chi connectivity index (χ2n) is 2.58. The number of halogens is 1. The molecule has 0 fully saturated rings. The highest BCUT2D eigenvalue weighted by molar-refractivity contribution is 5.92. The van der Waals surface area contributed by atoms with Crippen LogP contribution in [0.4, 0.5) is 4.39 Å². The molecule has 0 aliphatic heterocycles. The van der Waals surface area contributed by atoms with Crippen molar-refractivity contribution in [2.75, 3.05) is 0 Å². The van der Waals surface area contributed by atoms with Gasteiger partial charge in [0.05, 0.1) is 11.1 Å². The van der Waals surface area contributed by atoms with Gasteiger partial charge in [-0.1, -0.05) is 6.07 Å². The maximum Gasteiger partial charge on any atom is 0.338 e. The van der Waals surface area contributed by atoms with E-state index in [9.17, 15) is 14.0 Å². The van der Waals surface area contributed by atoms with E-state index in [0.29, 0.717) is 11.8 Å². The smallest absolute Gasteiger partial charge is 0.338 e. The number of aryl methyl sites for hydroxylation is 1. The third-order valence-corrected chi connectivity index (χ3v) is 1.72. The summed E-state index contributed by atoms with van der Waals surface area (Å²) in [5.41, 5.74) is -0.372. The molecule has 0 bridgehead atoms. The molecule has 0 aliphatic carbocycles. The zero-order chi connectivity index (χ0) is 10.0. The number of aldehydes is 1. The summed E-state index contributed by atoms with van der Waals surface area (Å²) >= 11 is 0. The van der Waals surface area contributed by atoms with Crippen molar-refractivity contribution in [2.45, 2.75) is 6.92 Å². The summed E-state index contributed by atoms with van der Waals surface area (Å²) in [6.45, 7) is 1.47. The molecule has 0 saturated carbocycles. The molecule has 3 nitrogen and oxygen atoms in total. The van der Waals surface area contributed by atoms with Crippen molar-refractivity contribution >= 4 is 12.3 Å². The summed E-state index contributed by atoms with van der Waals surface area (Å²) in [6, 6.07) is 2.65. The van der Waals surface area contributed by atoms with Gasteiger partial charge in [0.2, 0.25) is 0 Å². The first-order chi connectivity index (χ1) is 6.07. The standard InChI is InChI=1S/C9H7FO3/c1-5-2-3-6(4-11)8(10)7(5)9(12)13/h2-4H,1H3,(H,12,13). The van der Waals surface area contributed by atoms with Gasteiger partial charge in [0.25, 0.3) is 0 Å². The number of aromatic carboxylic acids is 1. The van der Waals surface area contributed by atoms with Crippen molar-refractivity contribution in [3.63, 3.8) is 0 Å². The number of hydrogen-bond acceptors (Lipinski definition) is 2. The summed E-state index contributed by atoms with van der Waals surface area (Å²) in [4.78, 5) is 20.8. The van der Waals surface area contributed by atoms with Gasteiger partial charge in [-0.3, -0.25) is 4.79 Å². The van der Waals surface area contributed by atoms with Gasteiger partial charge in [-0.25, -0.2) is 9.18 Å². The number of carbonyl (C=O) groups excluding carboxylic acids is 1. The number of carbonyl (C=O) groups is 2. The molecule has 68 valence electrons. The van der Waals surface area contributed by atoms with Gasteiger partial charge in [0.15, 0.2) is 6.29 Å². The molecule has 1 N–H and O–H groups in total. The van der Waals surface area contributed by atoms with Gasteiger partial charge in [0, 0.05) is 0 Å². The van der Waals surface area contributed by atoms with E-state index in [1.807, 2.05) is 0 Å². The Morgan fingerprint density at radius 2 is 2.15 bits per heavy atom. The summed E-state index contributed by atoms with van der Waals surface area (Å²) in [5.74, 6) is -2.33. The van der Waals surface area contributed by atoms with E-state index in [2.05, 4.69) is 0 Å². The van der Waals surface area contributed by atoms with Crippen LogP contribution in [0.15, 0.2) is 12.1 Å². The van der Waals surface area contributed by atoms with Crippen molar-refractivity contribution in [2.24, 2.45) is 0 Å². The summed E-state index contributed by atoms with van der Waals surface area (Å²) in [7, 11) is 0. The Balaban J connectivity index is 3.47. The fourth-order valence-electron chi connectivity index (χ4n) is 1.04. The largest absolute Gasteiger partial charge is 0.478 e. The molecule has 0 atom stereocenters. The molecular weight excluding hydrogens is 175 g/mol. The third kappa shape index (κ3) is 1.56. The lowest BCUT2D eigenvalue weighted by molar-refractivity contribution is 0.0691. The van der Waals surface area contributed by atoms with Crippen LogP contribution in [0.25, 0.3) is 0 Å². The lowest BCUT2D eigenvalue weighted by atomic mass is 10.0. The maximum atomic E-state index is 13.2. The van der Waals surface area contributed by atoms with E-state index in [4.69, 9.17) is 5.11 Å². The van der Waals surface area contributed by atoms with E-state index in [1.54, 1.807) is 0 Å². The Morgan fingerprint density at radius 3 is 2.62 bits per heavy atom. The second kappa shape index (κ2) is 3.35. The first-order valence-electron chi connectivity index (χ1n) is 3.55. The molecule has 13 heavy (non-hydrogen) atoms. The fourth-order valence-corrected chi connectivity index (χ4v) is 1.04. The number of hydrogen-bond donors (Lipinski definition) is 1. The Kier molecular flexibility index (Phi) is 2.41. The van der Waals surface area contributed by atoms with E-state index in [0.717, 1.165) is 0 Å². The average Bonchev–Trinajstić information content (AvgIpc) is 2.04. The van der Waals surface area contributed by atoms with E-state index >= 15 is 0 Å². The Bertz CT molecular complexity index is 371. The van der Waals surface area contributed by atoms with Gasteiger partial charge in [-0.05, 0) is 18.6 Å². The molecular formula is C9H7FO3. The highest BCUT2D eigenvalue weighted by Crippen LogP contribution is 2.15. The highest BCUT2D eigenvalue weighted by atomic mass is 19.1. The van der Waals surface area contributed by atoms with Crippen LogP contribution in [0.1, 0.15) is 26.3 Å². The van der Waals surface area contributed by atoms with E-state index < -0.39 is 17.3 Å². The van der Waals surface area contributed by atoms with Crippen LogP contribution in [0.5, 0.6) is 0 Å². The first-order valence-corrected chi connectivity index (χ1v) is 3.55. The normalized spacial score (nSPS) is 9.69. The van der Waals surface area contributed by atoms with Crippen molar-refractivity contribution in [3.05, 3.63) is 34.6 Å². The maximum absolute atomic E-state index is 13.2. The third-order valence-electron chi connectivity index (χ3n) is 1.72. The summed E-state index contributed by atoms with van der Waals surface area (Å²) in [5, 5.41) is 8.61. The molecule has 0 radical (unpaired) electrons. The van der Waals surface area contributed by atoms with Gasteiger partial charge < -0.3 is 5.11 Å². The molecule has 0 aromatic heterocycles. The van der Waals surface area contributed by atoms with Crippen LogP contribution in [-0.2, 0) is 0 Å². The zero-order valence-corrected chi connectivity index (χ0v) is 6.87. The minimum absolute atomic E-state index is 0.233. The van der Waals surface area contributed by atoms with Crippen molar-refractivity contribution in [1.82, 2.24) is 0 Å². The van der Waals surface area contributed by atoms with Gasteiger partial charge in [-0.2, -0.15) is 0 Å². The predicted octanol–water partition coefficient (Wildman–Crippen LogP) is 1.64. The molecule has 0 unspecified atom stereocenters. The van der Waals surface area contributed by atoms with Crippen molar-refractivity contribution in [3.8, 4) is 0 Å². The number of benzene rings is 1. The number of carboxylic acid groups (broad SMARTS) is 1. The average molecular weight is 182 g/mol. The van der Waals surface area contributed by atoms with Crippen LogP contribution >= 0.6 is 0 Å². The van der Waals surface area contributed by atoms with Gasteiger partial charge in [-0.15, -0.1) is 0 Å². The molecule has 1 rings (SSSR count).